The Balaban J connectivity index is 1.73. The van der Waals surface area contributed by atoms with Crippen LogP contribution in [0.3, 0.4) is 0 Å². The first kappa shape index (κ1) is 21.2. The second-order valence-corrected chi connectivity index (χ2v) is 8.39. The van der Waals surface area contributed by atoms with Crippen molar-refractivity contribution in [3.8, 4) is 0 Å². The molecule has 0 aliphatic rings. The fraction of sp³-hybridized carbons (Fsp3) is 0.444. The molecule has 0 bridgehead atoms. The Morgan fingerprint density at radius 3 is 2.74 bits per heavy atom. The molecule has 2 amide bonds. The van der Waals surface area contributed by atoms with Crippen molar-refractivity contribution in [1.82, 2.24) is 15.5 Å². The van der Waals surface area contributed by atoms with E-state index in [1.807, 2.05) is 32.0 Å². The van der Waals surface area contributed by atoms with E-state index in [1.165, 1.54) is 23.1 Å². The molecule has 3 N–H and O–H groups in total. The molecule has 1 heterocycles. The van der Waals surface area contributed by atoms with Crippen LogP contribution in [0.25, 0.3) is 0 Å². The van der Waals surface area contributed by atoms with Gasteiger partial charge >= 0.3 is 0 Å². The third-order valence-electron chi connectivity index (χ3n) is 4.04. The summed E-state index contributed by atoms with van der Waals surface area (Å²) in [5.74, 6) is -0.282. The highest BCUT2D eigenvalue weighted by atomic mass is 32.2. The largest absolute Gasteiger partial charge is 0.358 e. The van der Waals surface area contributed by atoms with E-state index in [2.05, 4.69) is 40.0 Å². The molecule has 0 fully saturated rings. The fourth-order valence-corrected chi connectivity index (χ4v) is 3.77. The summed E-state index contributed by atoms with van der Waals surface area (Å²) in [4.78, 5) is 24.0. The fourth-order valence-electron chi connectivity index (χ4n) is 2.08. The van der Waals surface area contributed by atoms with Crippen molar-refractivity contribution in [2.45, 2.75) is 44.5 Å². The van der Waals surface area contributed by atoms with Crippen LogP contribution in [-0.2, 0) is 9.59 Å². The monoisotopic (exact) mass is 407 g/mol. The number of carbonyl (C=O) groups excluding carboxylic acids is 2. The first-order valence-electron chi connectivity index (χ1n) is 8.74. The predicted octanol–water partition coefficient (Wildman–Crippen LogP) is 3.21. The zero-order chi connectivity index (χ0) is 19.8. The van der Waals surface area contributed by atoms with Gasteiger partial charge in [0.05, 0.1) is 12.3 Å². The third-order valence-corrected chi connectivity index (χ3v) is 6.03. The molecule has 0 unspecified atom stereocenters. The molecule has 0 aliphatic carbocycles. The van der Waals surface area contributed by atoms with Gasteiger partial charge in [-0.1, -0.05) is 42.2 Å². The van der Waals surface area contributed by atoms with E-state index in [-0.39, 0.29) is 24.1 Å². The van der Waals surface area contributed by atoms with Crippen LogP contribution in [0, 0.1) is 13.8 Å². The number of carbonyl (C=O) groups is 2. The molecule has 146 valence electrons. The smallest absolute Gasteiger partial charge is 0.243 e. The molecule has 1 atom stereocenters. The zero-order valence-corrected chi connectivity index (χ0v) is 17.6. The van der Waals surface area contributed by atoms with Crippen LogP contribution < -0.4 is 16.0 Å². The van der Waals surface area contributed by atoms with Crippen LogP contribution in [0.1, 0.15) is 31.4 Å². The quantitative estimate of drug-likeness (QED) is 0.553. The third kappa shape index (κ3) is 6.84. The van der Waals surface area contributed by atoms with E-state index in [0.717, 1.165) is 32.7 Å². The van der Waals surface area contributed by atoms with Crippen LogP contribution in [-0.4, -0.2) is 40.4 Å². The first-order chi connectivity index (χ1) is 12.9. The van der Waals surface area contributed by atoms with Gasteiger partial charge in [-0.05, 0) is 44.4 Å². The van der Waals surface area contributed by atoms with Gasteiger partial charge in [0.2, 0.25) is 16.9 Å². The highest BCUT2D eigenvalue weighted by Crippen LogP contribution is 2.25. The number of aromatic nitrogens is 2. The van der Waals surface area contributed by atoms with Gasteiger partial charge in [-0.2, -0.15) is 0 Å². The van der Waals surface area contributed by atoms with Crippen LogP contribution in [0.5, 0.6) is 0 Å². The van der Waals surface area contributed by atoms with Crippen molar-refractivity contribution in [2.24, 2.45) is 0 Å². The van der Waals surface area contributed by atoms with E-state index < -0.39 is 0 Å². The number of rotatable bonds is 9. The standard InChI is InChI=1S/C18H25N5O2S2/c1-5-12(3)20-17-22-23-18(27-17)26-10-16(25)19-9-15(24)21-14-8-6-7-11(2)13(14)4/h6-8,12H,5,9-10H2,1-4H3,(H,19,25)(H,20,22)(H,21,24)/t12-/m1/s1. The second-order valence-electron chi connectivity index (χ2n) is 6.19. The lowest BCUT2D eigenvalue weighted by Crippen LogP contribution is -2.34. The van der Waals surface area contributed by atoms with Crippen LogP contribution >= 0.6 is 23.1 Å². The van der Waals surface area contributed by atoms with Gasteiger partial charge in [0, 0.05) is 11.7 Å². The molecule has 1 aromatic carbocycles. The Kier molecular flexibility index (Phi) is 8.05. The SMILES string of the molecule is CC[C@@H](C)Nc1nnc(SCC(=O)NCC(=O)Nc2cccc(C)c2C)s1. The first-order valence-corrected chi connectivity index (χ1v) is 10.5. The number of thioether (sulfide) groups is 1. The number of hydrogen-bond donors (Lipinski definition) is 3. The van der Waals surface area contributed by atoms with Gasteiger partial charge < -0.3 is 16.0 Å². The summed E-state index contributed by atoms with van der Waals surface area (Å²) in [6.07, 6.45) is 0.995. The van der Waals surface area contributed by atoms with Crippen molar-refractivity contribution >= 4 is 45.7 Å². The number of benzene rings is 1. The number of anilines is 2. The van der Waals surface area contributed by atoms with Gasteiger partial charge in [-0.25, -0.2) is 0 Å². The lowest BCUT2D eigenvalue weighted by molar-refractivity contribution is -0.122. The normalized spacial score (nSPS) is 11.7. The summed E-state index contributed by atoms with van der Waals surface area (Å²) in [5, 5.41) is 17.6. The van der Waals surface area contributed by atoms with E-state index in [1.54, 1.807) is 0 Å². The molecule has 1 aromatic heterocycles. The summed E-state index contributed by atoms with van der Waals surface area (Å²) in [6.45, 7) is 8.04. The number of hydrogen-bond acceptors (Lipinski definition) is 7. The highest BCUT2D eigenvalue weighted by Gasteiger charge is 2.11. The summed E-state index contributed by atoms with van der Waals surface area (Å²) < 4.78 is 0.718. The Bertz CT molecular complexity index is 794. The Morgan fingerprint density at radius 2 is 2.00 bits per heavy atom. The molecule has 2 aromatic rings. The van der Waals surface area contributed by atoms with E-state index >= 15 is 0 Å². The molecule has 2 rings (SSSR count). The number of aryl methyl sites for hydroxylation is 1. The van der Waals surface area contributed by atoms with Crippen LogP contribution in [0.4, 0.5) is 10.8 Å². The van der Waals surface area contributed by atoms with Crippen molar-refractivity contribution in [3.63, 3.8) is 0 Å². The predicted molar refractivity (Wildman–Crippen MR) is 112 cm³/mol. The highest BCUT2D eigenvalue weighted by molar-refractivity contribution is 8.01. The van der Waals surface area contributed by atoms with E-state index in [9.17, 15) is 9.59 Å². The van der Waals surface area contributed by atoms with Crippen molar-refractivity contribution < 1.29 is 9.59 Å². The van der Waals surface area contributed by atoms with E-state index in [0.29, 0.717) is 6.04 Å². The van der Waals surface area contributed by atoms with E-state index in [4.69, 9.17) is 0 Å². The molecular formula is C18H25N5O2S2. The molecule has 7 nitrogen and oxygen atoms in total. The number of amides is 2. The van der Waals surface area contributed by atoms with Crippen LogP contribution in [0.15, 0.2) is 22.5 Å². The maximum atomic E-state index is 12.0. The Morgan fingerprint density at radius 1 is 1.22 bits per heavy atom. The minimum Gasteiger partial charge on any atom is -0.358 e. The van der Waals surface area contributed by atoms with Crippen molar-refractivity contribution in [3.05, 3.63) is 29.3 Å². The molecule has 0 aliphatic heterocycles. The average Bonchev–Trinajstić information content (AvgIpc) is 3.09. The zero-order valence-electron chi connectivity index (χ0n) is 16.0. The average molecular weight is 408 g/mol. The van der Waals surface area contributed by atoms with Crippen molar-refractivity contribution in [2.75, 3.05) is 22.9 Å². The van der Waals surface area contributed by atoms with Gasteiger partial charge in [0.15, 0.2) is 4.34 Å². The van der Waals surface area contributed by atoms with Gasteiger partial charge in [0.1, 0.15) is 0 Å². The second kappa shape index (κ2) is 10.3. The lowest BCUT2D eigenvalue weighted by Gasteiger charge is -2.10. The number of nitrogens with zero attached hydrogens (tertiary/aromatic N) is 2. The topological polar surface area (TPSA) is 96.0 Å². The molecule has 0 spiro atoms. The summed E-state index contributed by atoms with van der Waals surface area (Å²) >= 11 is 2.72. The molecule has 9 heteroatoms. The van der Waals surface area contributed by atoms with Gasteiger partial charge in [-0.15, -0.1) is 10.2 Å². The lowest BCUT2D eigenvalue weighted by atomic mass is 10.1. The molecule has 0 radical (unpaired) electrons. The Labute approximate surface area is 167 Å². The van der Waals surface area contributed by atoms with Gasteiger partial charge in [-0.3, -0.25) is 9.59 Å². The maximum absolute atomic E-state index is 12.0. The molecule has 0 saturated heterocycles. The maximum Gasteiger partial charge on any atom is 0.243 e. The molecule has 27 heavy (non-hydrogen) atoms. The minimum atomic E-state index is -0.252. The van der Waals surface area contributed by atoms with Crippen molar-refractivity contribution in [1.29, 1.82) is 0 Å². The summed E-state index contributed by atoms with van der Waals surface area (Å²) in [6, 6.07) is 6.05. The minimum absolute atomic E-state index is 0.0658. The number of nitrogens with one attached hydrogen (secondary N) is 3. The molecule has 0 saturated carbocycles. The molecular weight excluding hydrogens is 382 g/mol. The van der Waals surface area contributed by atoms with Gasteiger partial charge in [0.25, 0.3) is 0 Å². The van der Waals surface area contributed by atoms with Crippen LogP contribution in [0.2, 0.25) is 0 Å². The summed E-state index contributed by atoms with van der Waals surface area (Å²) in [5.41, 5.74) is 2.89. The Hall–Kier alpha value is -2.13. The summed E-state index contributed by atoms with van der Waals surface area (Å²) in [7, 11) is 0.